The second-order valence-electron chi connectivity index (χ2n) is 5.60. The van der Waals surface area contributed by atoms with Gasteiger partial charge in [0.05, 0.1) is 19.9 Å². The van der Waals surface area contributed by atoms with E-state index in [1.54, 1.807) is 26.0 Å². The monoisotopic (exact) mass is 352 g/mol. The largest absolute Gasteiger partial charge is 0.497 e. The van der Waals surface area contributed by atoms with E-state index in [-0.39, 0.29) is 0 Å². The number of nitrogens with zero attached hydrogens (tertiary/aromatic N) is 2. The number of aromatic nitrogens is 2. The van der Waals surface area contributed by atoms with E-state index >= 15 is 0 Å². The second-order valence-corrected chi connectivity index (χ2v) is 6.59. The molecule has 4 nitrogen and oxygen atoms in total. The SMILES string of the molecule is COc1ccc(OC)c(-c2ccc(SCc3ccc(C)cc3)nn2)c1. The van der Waals surface area contributed by atoms with Gasteiger partial charge in [-0.15, -0.1) is 10.2 Å². The fourth-order valence-corrected chi connectivity index (χ4v) is 3.17. The predicted molar refractivity (Wildman–Crippen MR) is 101 cm³/mol. The third-order valence-electron chi connectivity index (χ3n) is 3.83. The summed E-state index contributed by atoms with van der Waals surface area (Å²) in [5.74, 6) is 2.38. The molecule has 5 heteroatoms. The van der Waals surface area contributed by atoms with Crippen LogP contribution in [0.4, 0.5) is 0 Å². The molecule has 0 saturated heterocycles. The zero-order valence-corrected chi connectivity index (χ0v) is 15.3. The molecule has 1 heterocycles. The van der Waals surface area contributed by atoms with Gasteiger partial charge in [-0.3, -0.25) is 0 Å². The van der Waals surface area contributed by atoms with Crippen LogP contribution in [0.3, 0.4) is 0 Å². The van der Waals surface area contributed by atoms with Crippen molar-refractivity contribution in [3.05, 3.63) is 65.7 Å². The minimum Gasteiger partial charge on any atom is -0.497 e. The number of thioether (sulfide) groups is 1. The van der Waals surface area contributed by atoms with Gasteiger partial charge in [0.15, 0.2) is 0 Å². The van der Waals surface area contributed by atoms with Crippen molar-refractivity contribution >= 4 is 11.8 Å². The first-order valence-corrected chi connectivity index (χ1v) is 8.92. The fraction of sp³-hybridized carbons (Fsp3) is 0.200. The average molecular weight is 352 g/mol. The molecule has 0 saturated carbocycles. The average Bonchev–Trinajstić information content (AvgIpc) is 2.67. The molecule has 1 aromatic heterocycles. The summed E-state index contributed by atoms with van der Waals surface area (Å²) in [6, 6.07) is 18.1. The van der Waals surface area contributed by atoms with Crippen LogP contribution in [0, 0.1) is 6.92 Å². The maximum absolute atomic E-state index is 5.42. The van der Waals surface area contributed by atoms with Crippen molar-refractivity contribution in [2.24, 2.45) is 0 Å². The number of rotatable bonds is 6. The lowest BCUT2D eigenvalue weighted by molar-refractivity contribution is 0.404. The van der Waals surface area contributed by atoms with Crippen molar-refractivity contribution in [3.63, 3.8) is 0 Å². The molecule has 0 atom stereocenters. The number of ether oxygens (including phenoxy) is 2. The predicted octanol–water partition coefficient (Wildman–Crippen LogP) is 4.76. The van der Waals surface area contributed by atoms with Gasteiger partial charge in [-0.1, -0.05) is 41.6 Å². The molecular formula is C20H20N2O2S. The lowest BCUT2D eigenvalue weighted by Gasteiger charge is -2.10. The molecule has 2 aromatic carbocycles. The first kappa shape index (κ1) is 17.3. The minimum atomic E-state index is 0.746. The highest BCUT2D eigenvalue weighted by atomic mass is 32.2. The van der Waals surface area contributed by atoms with Gasteiger partial charge in [-0.2, -0.15) is 0 Å². The number of hydrogen-bond donors (Lipinski definition) is 0. The summed E-state index contributed by atoms with van der Waals surface area (Å²) in [5, 5.41) is 9.58. The fourth-order valence-electron chi connectivity index (χ4n) is 2.40. The quantitative estimate of drug-likeness (QED) is 0.598. The van der Waals surface area contributed by atoms with Crippen molar-refractivity contribution in [1.82, 2.24) is 10.2 Å². The summed E-state index contributed by atoms with van der Waals surface area (Å²) in [5.41, 5.74) is 4.17. The van der Waals surface area contributed by atoms with Crippen molar-refractivity contribution in [2.75, 3.05) is 14.2 Å². The van der Waals surface area contributed by atoms with E-state index in [1.807, 2.05) is 30.3 Å². The van der Waals surface area contributed by atoms with Crippen LogP contribution in [0.25, 0.3) is 11.3 Å². The molecule has 0 N–H and O–H groups in total. The van der Waals surface area contributed by atoms with Gasteiger partial charge in [0.1, 0.15) is 16.5 Å². The van der Waals surface area contributed by atoms with Gasteiger partial charge < -0.3 is 9.47 Å². The van der Waals surface area contributed by atoms with E-state index in [0.717, 1.165) is 33.5 Å². The Balaban J connectivity index is 1.75. The molecule has 0 radical (unpaired) electrons. The smallest absolute Gasteiger partial charge is 0.128 e. The van der Waals surface area contributed by atoms with Gasteiger partial charge in [0, 0.05) is 11.3 Å². The summed E-state index contributed by atoms with van der Waals surface area (Å²) < 4.78 is 10.7. The van der Waals surface area contributed by atoms with E-state index in [2.05, 4.69) is 41.4 Å². The molecule has 3 rings (SSSR count). The maximum atomic E-state index is 5.42. The summed E-state index contributed by atoms with van der Waals surface area (Å²) in [4.78, 5) is 0. The summed E-state index contributed by atoms with van der Waals surface area (Å²) in [7, 11) is 3.28. The number of benzene rings is 2. The van der Waals surface area contributed by atoms with Gasteiger partial charge >= 0.3 is 0 Å². The number of aryl methyl sites for hydroxylation is 1. The van der Waals surface area contributed by atoms with Crippen LogP contribution in [-0.2, 0) is 5.75 Å². The molecule has 0 unspecified atom stereocenters. The lowest BCUT2D eigenvalue weighted by Crippen LogP contribution is -1.94. The lowest BCUT2D eigenvalue weighted by atomic mass is 10.1. The van der Waals surface area contributed by atoms with Crippen molar-refractivity contribution in [2.45, 2.75) is 17.7 Å². The Morgan fingerprint density at radius 1 is 0.880 bits per heavy atom. The van der Waals surface area contributed by atoms with Crippen LogP contribution in [0.15, 0.2) is 59.6 Å². The molecule has 0 spiro atoms. The standard InChI is InChI=1S/C20H20N2O2S/c1-14-4-6-15(7-5-14)13-25-20-11-9-18(21-22-20)17-12-16(23-2)8-10-19(17)24-3/h4-12H,13H2,1-3H3. The topological polar surface area (TPSA) is 44.2 Å². The Kier molecular flexibility index (Phi) is 5.56. The number of methoxy groups -OCH3 is 2. The highest BCUT2D eigenvalue weighted by Gasteiger charge is 2.10. The molecule has 0 amide bonds. The molecule has 0 aliphatic carbocycles. The van der Waals surface area contributed by atoms with E-state index in [4.69, 9.17) is 9.47 Å². The summed E-state index contributed by atoms with van der Waals surface area (Å²) in [6.45, 7) is 2.09. The Morgan fingerprint density at radius 2 is 1.68 bits per heavy atom. The van der Waals surface area contributed by atoms with Gasteiger partial charge in [0.2, 0.25) is 0 Å². The highest BCUT2D eigenvalue weighted by molar-refractivity contribution is 7.98. The third kappa shape index (κ3) is 4.31. The van der Waals surface area contributed by atoms with Gasteiger partial charge in [0.25, 0.3) is 0 Å². The molecule has 0 aliphatic rings. The zero-order chi connectivity index (χ0) is 17.6. The van der Waals surface area contributed by atoms with Gasteiger partial charge in [-0.25, -0.2) is 0 Å². The third-order valence-corrected chi connectivity index (χ3v) is 4.82. The highest BCUT2D eigenvalue weighted by Crippen LogP contribution is 2.32. The van der Waals surface area contributed by atoms with Crippen LogP contribution in [-0.4, -0.2) is 24.4 Å². The molecular weight excluding hydrogens is 332 g/mol. The molecule has 0 fully saturated rings. The zero-order valence-electron chi connectivity index (χ0n) is 14.5. The van der Waals surface area contributed by atoms with Crippen molar-refractivity contribution in [3.8, 4) is 22.8 Å². The Labute approximate surface area is 152 Å². The molecule has 3 aromatic rings. The van der Waals surface area contributed by atoms with Crippen LogP contribution >= 0.6 is 11.8 Å². The van der Waals surface area contributed by atoms with Crippen LogP contribution < -0.4 is 9.47 Å². The summed E-state index contributed by atoms with van der Waals surface area (Å²) >= 11 is 1.67. The minimum absolute atomic E-state index is 0.746. The van der Waals surface area contributed by atoms with Crippen molar-refractivity contribution in [1.29, 1.82) is 0 Å². The van der Waals surface area contributed by atoms with E-state index in [0.29, 0.717) is 0 Å². The normalized spacial score (nSPS) is 10.5. The Hall–Kier alpha value is -2.53. The summed E-state index contributed by atoms with van der Waals surface area (Å²) in [6.07, 6.45) is 0. The van der Waals surface area contributed by atoms with E-state index in [9.17, 15) is 0 Å². The van der Waals surface area contributed by atoms with E-state index < -0.39 is 0 Å². The molecule has 128 valence electrons. The van der Waals surface area contributed by atoms with Crippen LogP contribution in [0.1, 0.15) is 11.1 Å². The first-order chi connectivity index (χ1) is 12.2. The van der Waals surface area contributed by atoms with E-state index in [1.165, 1.54) is 11.1 Å². The van der Waals surface area contributed by atoms with Crippen LogP contribution in [0.5, 0.6) is 11.5 Å². The first-order valence-electron chi connectivity index (χ1n) is 7.94. The Bertz CT molecular complexity index is 833. The molecule has 0 aliphatic heterocycles. The maximum Gasteiger partial charge on any atom is 0.128 e. The van der Waals surface area contributed by atoms with Gasteiger partial charge in [-0.05, 0) is 42.8 Å². The van der Waals surface area contributed by atoms with Crippen molar-refractivity contribution < 1.29 is 9.47 Å². The second kappa shape index (κ2) is 8.03. The number of hydrogen-bond acceptors (Lipinski definition) is 5. The molecule has 0 bridgehead atoms. The Morgan fingerprint density at radius 3 is 2.32 bits per heavy atom. The van der Waals surface area contributed by atoms with Crippen LogP contribution in [0.2, 0.25) is 0 Å². The molecule has 25 heavy (non-hydrogen) atoms.